The fourth-order valence-corrected chi connectivity index (χ4v) is 7.13. The van der Waals surface area contributed by atoms with Crippen LogP contribution in [0.2, 0.25) is 0 Å². The van der Waals surface area contributed by atoms with Crippen LogP contribution in [0.3, 0.4) is 0 Å². The second kappa shape index (κ2) is 6.71. The molecule has 3 atom stereocenters. The SMILES string of the molecule is COS(C)([OH2+])NC1CCC2(CC1)C1CC12Cc1nccc(-n2nnc3ccccc32)n1. The molecular weight excluding hydrogens is 412 g/mol. The molecule has 1 aromatic carbocycles. The highest BCUT2D eigenvalue weighted by Gasteiger charge is 2.87. The largest absolute Gasteiger partial charge is 0.315 e. The number of para-hydroxylation sites is 1. The van der Waals surface area contributed by atoms with Crippen LogP contribution in [0, 0.1) is 16.7 Å². The van der Waals surface area contributed by atoms with Crippen LogP contribution in [0.5, 0.6) is 0 Å². The molecule has 2 aromatic heterocycles. The van der Waals surface area contributed by atoms with Crippen molar-refractivity contribution in [2.24, 2.45) is 16.7 Å². The van der Waals surface area contributed by atoms with Crippen molar-refractivity contribution in [1.29, 1.82) is 0 Å². The first-order chi connectivity index (χ1) is 15.0. The van der Waals surface area contributed by atoms with E-state index >= 15 is 0 Å². The number of nitrogens with zero attached hydrogens (tertiary/aromatic N) is 5. The molecule has 0 amide bonds. The van der Waals surface area contributed by atoms with Gasteiger partial charge >= 0.3 is 0 Å². The van der Waals surface area contributed by atoms with E-state index in [4.69, 9.17) is 13.7 Å². The molecule has 9 heteroatoms. The third-order valence-corrected chi connectivity index (χ3v) is 9.44. The number of benzene rings is 1. The summed E-state index contributed by atoms with van der Waals surface area (Å²) in [5.41, 5.74) is 2.71. The molecule has 3 aromatic rings. The third-order valence-electron chi connectivity index (χ3n) is 7.99. The Bertz CT molecular complexity index is 1140. The Labute approximate surface area is 183 Å². The van der Waals surface area contributed by atoms with Crippen LogP contribution in [0.4, 0.5) is 0 Å². The molecule has 6 rings (SSSR count). The van der Waals surface area contributed by atoms with Crippen LogP contribution in [0.15, 0.2) is 36.5 Å². The highest BCUT2D eigenvalue weighted by atomic mass is 32.3. The number of rotatable bonds is 6. The average molecular weight is 442 g/mol. The van der Waals surface area contributed by atoms with E-state index < -0.39 is 10.8 Å². The van der Waals surface area contributed by atoms with E-state index in [2.05, 4.69) is 20.0 Å². The molecule has 8 nitrogen and oxygen atoms in total. The molecule has 0 bridgehead atoms. The van der Waals surface area contributed by atoms with E-state index in [0.717, 1.165) is 47.9 Å². The molecule has 0 saturated heterocycles. The molecule has 31 heavy (non-hydrogen) atoms. The van der Waals surface area contributed by atoms with Crippen molar-refractivity contribution in [2.75, 3.05) is 13.4 Å². The maximum absolute atomic E-state index is 8.21. The first-order valence-electron chi connectivity index (χ1n) is 10.9. The Morgan fingerprint density at radius 2 is 2.06 bits per heavy atom. The van der Waals surface area contributed by atoms with Gasteiger partial charge in [-0.3, -0.25) is 0 Å². The summed E-state index contributed by atoms with van der Waals surface area (Å²) < 4.78 is 18.8. The van der Waals surface area contributed by atoms with E-state index in [-0.39, 0.29) is 0 Å². The van der Waals surface area contributed by atoms with Gasteiger partial charge < -0.3 is 4.55 Å². The van der Waals surface area contributed by atoms with Gasteiger partial charge in [-0.15, -0.1) is 5.10 Å². The van der Waals surface area contributed by atoms with E-state index in [1.807, 2.05) is 42.8 Å². The maximum Gasteiger partial charge on any atom is 0.159 e. The lowest BCUT2D eigenvalue weighted by Gasteiger charge is -2.39. The summed E-state index contributed by atoms with van der Waals surface area (Å²) in [4.78, 5) is 9.48. The van der Waals surface area contributed by atoms with Crippen LogP contribution in [0.1, 0.15) is 37.9 Å². The van der Waals surface area contributed by atoms with Crippen molar-refractivity contribution in [3.05, 3.63) is 42.4 Å². The first kappa shape index (κ1) is 19.6. The molecule has 0 aliphatic heterocycles. The predicted octanol–water partition coefficient (Wildman–Crippen LogP) is 2.84. The highest BCUT2D eigenvalue weighted by molar-refractivity contribution is 8.22. The smallest absolute Gasteiger partial charge is 0.159 e. The summed E-state index contributed by atoms with van der Waals surface area (Å²) in [5, 5.41) is 8.56. The lowest BCUT2D eigenvalue weighted by atomic mass is 9.73. The van der Waals surface area contributed by atoms with Crippen LogP contribution in [-0.4, -0.2) is 48.9 Å². The monoisotopic (exact) mass is 441 g/mol. The van der Waals surface area contributed by atoms with Crippen molar-refractivity contribution >= 4 is 21.8 Å². The van der Waals surface area contributed by atoms with Crippen molar-refractivity contribution < 1.29 is 8.74 Å². The summed E-state index contributed by atoms with van der Waals surface area (Å²) >= 11 is 0. The quantitative estimate of drug-likeness (QED) is 0.591. The molecule has 3 aliphatic rings. The zero-order chi connectivity index (χ0) is 21.3. The fourth-order valence-electron chi connectivity index (χ4n) is 6.16. The van der Waals surface area contributed by atoms with E-state index in [1.54, 1.807) is 11.8 Å². The van der Waals surface area contributed by atoms with Gasteiger partial charge in [-0.25, -0.2) is 14.2 Å². The van der Waals surface area contributed by atoms with Gasteiger partial charge in [0.15, 0.2) is 5.82 Å². The molecule has 3 saturated carbocycles. The number of nitrogens with one attached hydrogen (secondary N) is 1. The van der Waals surface area contributed by atoms with Crippen molar-refractivity contribution in [2.45, 2.75) is 44.6 Å². The van der Waals surface area contributed by atoms with Crippen molar-refractivity contribution in [3.8, 4) is 5.82 Å². The molecule has 1 spiro atoms. The lowest BCUT2D eigenvalue weighted by molar-refractivity contribution is 0.181. The minimum Gasteiger partial charge on any atom is -0.315 e. The first-order valence-corrected chi connectivity index (χ1v) is 12.9. The van der Waals surface area contributed by atoms with Gasteiger partial charge in [0.05, 0.1) is 18.9 Å². The van der Waals surface area contributed by atoms with Gasteiger partial charge in [-0.05, 0) is 71.8 Å². The number of aromatic nitrogens is 5. The van der Waals surface area contributed by atoms with Gasteiger partial charge in [-0.2, -0.15) is 9.40 Å². The predicted molar refractivity (Wildman–Crippen MR) is 121 cm³/mol. The summed E-state index contributed by atoms with van der Waals surface area (Å²) in [6, 6.07) is 10.3. The van der Waals surface area contributed by atoms with Crippen LogP contribution in [0.25, 0.3) is 16.9 Å². The van der Waals surface area contributed by atoms with Crippen molar-refractivity contribution in [3.63, 3.8) is 0 Å². The molecule has 3 aliphatic carbocycles. The minimum absolute atomic E-state index is 0.402. The van der Waals surface area contributed by atoms with E-state index in [9.17, 15) is 0 Å². The molecule has 164 valence electrons. The topological polar surface area (TPSA) is 101 Å². The van der Waals surface area contributed by atoms with E-state index in [1.165, 1.54) is 19.3 Å². The lowest BCUT2D eigenvalue weighted by Crippen LogP contribution is -2.38. The zero-order valence-corrected chi connectivity index (χ0v) is 18.7. The van der Waals surface area contributed by atoms with Gasteiger partial charge in [0.2, 0.25) is 0 Å². The van der Waals surface area contributed by atoms with Gasteiger partial charge in [0.1, 0.15) is 11.3 Å². The standard InChI is InChI=1S/C22H28N6O2S/c1-30-31(2,29)26-15-7-10-21(11-8-15)18-13-22(18,21)14-19-23-12-9-20(24-19)28-17-6-4-3-5-16(17)25-27-28/h3-6,9,12,15,18,26,29H,7-8,10-11,13-14H2,1-2H3/p+1. The Balaban J connectivity index is 1.16. The number of hydrogen-bond donors (Lipinski definition) is 1. The van der Waals surface area contributed by atoms with Gasteiger partial charge in [-0.1, -0.05) is 17.3 Å². The van der Waals surface area contributed by atoms with Crippen LogP contribution < -0.4 is 4.72 Å². The molecule has 0 radical (unpaired) electrons. The summed E-state index contributed by atoms with van der Waals surface area (Å²) in [7, 11) is -0.251. The molecule has 3 fully saturated rings. The number of fused-ring (bicyclic) bond motifs is 4. The highest BCUT2D eigenvalue weighted by Crippen LogP contribution is 2.92. The second-order valence-corrected chi connectivity index (χ2v) is 11.7. The molecule has 3 unspecified atom stereocenters. The van der Waals surface area contributed by atoms with Gasteiger partial charge in [0.25, 0.3) is 0 Å². The number of hydrogen-bond acceptors (Lipinski definition) is 6. The van der Waals surface area contributed by atoms with Crippen LogP contribution in [-0.2, 0) is 10.6 Å². The Hall–Kier alpha value is -2.07. The second-order valence-electron chi connectivity index (χ2n) is 9.47. The summed E-state index contributed by atoms with van der Waals surface area (Å²) in [5.74, 6) is 2.53. The maximum atomic E-state index is 8.21. The van der Waals surface area contributed by atoms with E-state index in [0.29, 0.717) is 16.9 Å². The summed E-state index contributed by atoms with van der Waals surface area (Å²) in [6.45, 7) is 0. The Morgan fingerprint density at radius 3 is 2.84 bits per heavy atom. The van der Waals surface area contributed by atoms with Crippen LogP contribution >= 0.6 is 10.8 Å². The Morgan fingerprint density at radius 1 is 1.26 bits per heavy atom. The molecule has 2 heterocycles. The minimum atomic E-state index is -1.88. The molecular formula is C22H29N6O2S+. The third kappa shape index (κ3) is 3.01. The summed E-state index contributed by atoms with van der Waals surface area (Å²) in [6.07, 6.45) is 10.7. The fraction of sp³-hybridized carbons (Fsp3) is 0.545. The van der Waals surface area contributed by atoms with Gasteiger partial charge in [0, 0.05) is 24.7 Å². The van der Waals surface area contributed by atoms with Crippen molar-refractivity contribution in [1.82, 2.24) is 29.7 Å². The Kier molecular flexibility index (Phi) is 4.25. The normalized spacial score (nSPS) is 34.3. The zero-order valence-electron chi connectivity index (χ0n) is 17.9. The molecule has 3 N–H and O–H groups in total. The average Bonchev–Trinajstić information content (AvgIpc) is 3.55.